The highest BCUT2D eigenvalue weighted by Gasteiger charge is 2.13. The van der Waals surface area contributed by atoms with Gasteiger partial charge in [0.05, 0.1) is 30.0 Å². The van der Waals surface area contributed by atoms with Crippen LogP contribution in [0.4, 0.5) is 5.69 Å². The fraction of sp³-hybridized carbons (Fsp3) is 0.238. The second-order valence-corrected chi connectivity index (χ2v) is 6.31. The van der Waals surface area contributed by atoms with Gasteiger partial charge in [0.1, 0.15) is 11.8 Å². The summed E-state index contributed by atoms with van der Waals surface area (Å²) < 4.78 is 5.14. The molecular weight excluding hydrogens is 326 g/mol. The maximum atomic E-state index is 10.5. The lowest BCUT2D eigenvalue weighted by molar-refractivity contribution is 0.191. The van der Waals surface area contributed by atoms with Gasteiger partial charge in [-0.05, 0) is 43.2 Å². The third-order valence-corrected chi connectivity index (χ3v) is 4.40. The minimum absolute atomic E-state index is 0.285. The van der Waals surface area contributed by atoms with Crippen molar-refractivity contribution in [3.05, 3.63) is 64.8 Å². The Morgan fingerprint density at radius 2 is 1.96 bits per heavy atom. The maximum absolute atomic E-state index is 10.5. The molecule has 1 heterocycles. The molecule has 0 saturated heterocycles. The smallest absolute Gasteiger partial charge is 0.118 e. The van der Waals surface area contributed by atoms with Crippen LogP contribution in [0.15, 0.2) is 42.6 Å². The molecule has 26 heavy (non-hydrogen) atoms. The van der Waals surface area contributed by atoms with Gasteiger partial charge in [0.15, 0.2) is 0 Å². The molecule has 2 aromatic carbocycles. The lowest BCUT2D eigenvalue weighted by atomic mass is 10.0. The van der Waals surface area contributed by atoms with Crippen LogP contribution in [0.5, 0.6) is 5.75 Å². The molecule has 3 rings (SSSR count). The molecule has 0 saturated carbocycles. The number of pyridine rings is 1. The van der Waals surface area contributed by atoms with E-state index in [-0.39, 0.29) is 6.54 Å². The summed E-state index contributed by atoms with van der Waals surface area (Å²) in [5.74, 6) is 0.742. The number of nitrogens with zero attached hydrogens (tertiary/aromatic N) is 2. The fourth-order valence-corrected chi connectivity index (χ4v) is 3.08. The van der Waals surface area contributed by atoms with Gasteiger partial charge in [-0.15, -0.1) is 0 Å². The third kappa shape index (κ3) is 3.46. The van der Waals surface area contributed by atoms with E-state index >= 15 is 0 Å². The summed E-state index contributed by atoms with van der Waals surface area (Å²) in [6, 6.07) is 13.5. The Morgan fingerprint density at radius 1 is 1.23 bits per heavy atom. The van der Waals surface area contributed by atoms with Gasteiger partial charge in [0.25, 0.3) is 0 Å². The van der Waals surface area contributed by atoms with Crippen LogP contribution in [0.2, 0.25) is 0 Å². The van der Waals surface area contributed by atoms with Gasteiger partial charge >= 0.3 is 0 Å². The van der Waals surface area contributed by atoms with Crippen molar-refractivity contribution in [2.45, 2.75) is 20.0 Å². The number of benzene rings is 2. The number of aromatic nitrogens is 1. The number of aliphatic hydroxyl groups excluding tert-OH is 1. The second-order valence-electron chi connectivity index (χ2n) is 6.31. The summed E-state index contributed by atoms with van der Waals surface area (Å²) in [6.45, 7) is 4.30. The normalized spacial score (nSPS) is 11.8. The quantitative estimate of drug-likeness (QED) is 0.732. The van der Waals surface area contributed by atoms with Gasteiger partial charge in [-0.1, -0.05) is 23.8 Å². The molecule has 2 N–H and O–H groups in total. The van der Waals surface area contributed by atoms with Gasteiger partial charge in [0, 0.05) is 18.1 Å². The highest BCUT2D eigenvalue weighted by molar-refractivity contribution is 5.96. The van der Waals surface area contributed by atoms with Gasteiger partial charge in [-0.3, -0.25) is 4.98 Å². The average Bonchev–Trinajstić information content (AvgIpc) is 2.65. The van der Waals surface area contributed by atoms with Crippen LogP contribution in [0.3, 0.4) is 0 Å². The predicted octanol–water partition coefficient (Wildman–Crippen LogP) is 3.88. The first-order valence-electron chi connectivity index (χ1n) is 8.39. The minimum Gasteiger partial charge on any atom is -0.497 e. The Balaban J connectivity index is 1.91. The molecule has 5 heteroatoms. The monoisotopic (exact) mass is 347 g/mol. The Morgan fingerprint density at radius 3 is 2.62 bits per heavy atom. The first-order chi connectivity index (χ1) is 12.5. The van der Waals surface area contributed by atoms with Crippen molar-refractivity contribution in [2.24, 2.45) is 0 Å². The summed E-state index contributed by atoms with van der Waals surface area (Å²) in [5, 5.41) is 24.1. The van der Waals surface area contributed by atoms with Crippen LogP contribution in [-0.4, -0.2) is 23.7 Å². The minimum atomic E-state index is -0.707. The van der Waals surface area contributed by atoms with E-state index in [2.05, 4.69) is 22.4 Å². The molecule has 1 atom stereocenters. The number of methoxy groups -OCH3 is 1. The number of fused-ring (bicyclic) bond motifs is 1. The van der Waals surface area contributed by atoms with E-state index in [4.69, 9.17) is 4.74 Å². The highest BCUT2D eigenvalue weighted by atomic mass is 16.5. The van der Waals surface area contributed by atoms with Crippen LogP contribution in [0.25, 0.3) is 10.9 Å². The third-order valence-electron chi connectivity index (χ3n) is 4.40. The van der Waals surface area contributed by atoms with Gasteiger partial charge in [-0.25, -0.2) is 0 Å². The zero-order valence-electron chi connectivity index (χ0n) is 15.1. The van der Waals surface area contributed by atoms with Crippen molar-refractivity contribution in [3.8, 4) is 11.8 Å². The number of aliphatic hydroxyl groups is 1. The molecule has 0 aliphatic carbocycles. The number of hydrogen-bond acceptors (Lipinski definition) is 5. The number of aryl methyl sites for hydroxylation is 2. The van der Waals surface area contributed by atoms with E-state index in [0.717, 1.165) is 33.3 Å². The summed E-state index contributed by atoms with van der Waals surface area (Å²) in [5.41, 5.74) is 4.97. The number of ether oxygens (including phenoxy) is 1. The van der Waals surface area contributed by atoms with Crippen LogP contribution in [0, 0.1) is 25.2 Å². The molecule has 5 nitrogen and oxygen atoms in total. The molecule has 0 aliphatic rings. The van der Waals surface area contributed by atoms with E-state index in [1.165, 1.54) is 0 Å². The topological polar surface area (TPSA) is 78.2 Å². The molecule has 3 aromatic rings. The summed E-state index contributed by atoms with van der Waals surface area (Å²) in [4.78, 5) is 4.42. The number of nitrogens with one attached hydrogen (secondary N) is 1. The lowest BCUT2D eigenvalue weighted by Crippen LogP contribution is -2.13. The first-order valence-corrected chi connectivity index (χ1v) is 8.39. The van der Waals surface area contributed by atoms with Crippen molar-refractivity contribution in [1.29, 1.82) is 5.26 Å². The molecule has 1 unspecified atom stereocenters. The van der Waals surface area contributed by atoms with Crippen LogP contribution < -0.4 is 10.1 Å². The van der Waals surface area contributed by atoms with Gasteiger partial charge in [0.2, 0.25) is 0 Å². The van der Waals surface area contributed by atoms with Gasteiger partial charge in [-0.2, -0.15) is 5.26 Å². The van der Waals surface area contributed by atoms with Crippen molar-refractivity contribution in [2.75, 3.05) is 19.0 Å². The number of rotatable bonds is 5. The average molecular weight is 347 g/mol. The summed E-state index contributed by atoms with van der Waals surface area (Å²) in [7, 11) is 1.61. The standard InChI is InChI=1S/C21H21N3O2/c1-13-8-14(2)20-18(9-13)21(16(10-22)11-23-20)24-12-19(25)15-4-6-17(26-3)7-5-15/h4-9,11,19,25H,12H2,1-3H3,(H,23,24). The second kappa shape index (κ2) is 7.42. The van der Waals surface area contributed by atoms with Crippen molar-refractivity contribution in [1.82, 2.24) is 4.98 Å². The molecule has 0 radical (unpaired) electrons. The number of anilines is 1. The molecule has 132 valence electrons. The fourth-order valence-electron chi connectivity index (χ4n) is 3.08. The zero-order chi connectivity index (χ0) is 18.7. The van der Waals surface area contributed by atoms with E-state index in [0.29, 0.717) is 11.3 Å². The largest absolute Gasteiger partial charge is 0.497 e. The molecule has 1 aromatic heterocycles. The molecule has 0 fully saturated rings. The maximum Gasteiger partial charge on any atom is 0.118 e. The summed E-state index contributed by atoms with van der Waals surface area (Å²) in [6.07, 6.45) is 0.869. The Kier molecular flexibility index (Phi) is 5.06. The number of hydrogen-bond donors (Lipinski definition) is 2. The van der Waals surface area contributed by atoms with Crippen molar-refractivity contribution < 1.29 is 9.84 Å². The SMILES string of the molecule is COc1ccc(C(O)CNc2c(C#N)cnc3c(C)cc(C)cc23)cc1. The van der Waals surface area contributed by atoms with E-state index in [9.17, 15) is 10.4 Å². The molecule has 0 amide bonds. The molecular formula is C21H21N3O2. The van der Waals surface area contributed by atoms with Crippen molar-refractivity contribution >= 4 is 16.6 Å². The van der Waals surface area contributed by atoms with Crippen LogP contribution in [-0.2, 0) is 0 Å². The van der Waals surface area contributed by atoms with Crippen LogP contribution in [0.1, 0.15) is 28.4 Å². The summed E-state index contributed by atoms with van der Waals surface area (Å²) >= 11 is 0. The number of nitriles is 1. The molecule has 0 aliphatic heterocycles. The molecule has 0 spiro atoms. The highest BCUT2D eigenvalue weighted by Crippen LogP contribution is 2.29. The van der Waals surface area contributed by atoms with E-state index < -0.39 is 6.10 Å². The van der Waals surface area contributed by atoms with E-state index in [1.807, 2.05) is 44.2 Å². The Hall–Kier alpha value is -3.10. The van der Waals surface area contributed by atoms with Gasteiger partial charge < -0.3 is 15.2 Å². The van der Waals surface area contributed by atoms with Crippen LogP contribution >= 0.6 is 0 Å². The predicted molar refractivity (Wildman–Crippen MR) is 102 cm³/mol. The Bertz CT molecular complexity index is 975. The first kappa shape index (κ1) is 17.7. The molecule has 0 bridgehead atoms. The van der Waals surface area contributed by atoms with E-state index in [1.54, 1.807) is 13.3 Å². The Labute approximate surface area is 152 Å². The zero-order valence-corrected chi connectivity index (χ0v) is 15.1. The lowest BCUT2D eigenvalue weighted by Gasteiger charge is -2.17. The van der Waals surface area contributed by atoms with Crippen molar-refractivity contribution in [3.63, 3.8) is 0 Å².